The van der Waals surface area contributed by atoms with Gasteiger partial charge in [0.25, 0.3) is 0 Å². The largest absolute Gasteiger partial charge is 0.465 e. The van der Waals surface area contributed by atoms with Crippen molar-refractivity contribution in [1.82, 2.24) is 10.2 Å². The fourth-order valence-corrected chi connectivity index (χ4v) is 1.47. The smallest absolute Gasteiger partial charge is 0.407 e. The van der Waals surface area contributed by atoms with Gasteiger partial charge in [0.1, 0.15) is 5.60 Å². The summed E-state index contributed by atoms with van der Waals surface area (Å²) in [5.74, 6) is -0.293. The highest BCUT2D eigenvalue weighted by Gasteiger charge is 2.16. The molecule has 7 nitrogen and oxygen atoms in total. The number of ether oxygens (including phenoxy) is 2. The maximum Gasteiger partial charge on any atom is 0.407 e. The van der Waals surface area contributed by atoms with Crippen molar-refractivity contribution in [2.75, 3.05) is 39.3 Å². The van der Waals surface area contributed by atoms with E-state index in [-0.39, 0.29) is 12.5 Å². The number of amides is 1. The van der Waals surface area contributed by atoms with Gasteiger partial charge in [-0.3, -0.25) is 9.69 Å². The molecule has 0 fully saturated rings. The third kappa shape index (κ3) is 10.6. The van der Waals surface area contributed by atoms with E-state index >= 15 is 0 Å². The van der Waals surface area contributed by atoms with Crippen molar-refractivity contribution in [1.29, 1.82) is 0 Å². The van der Waals surface area contributed by atoms with Crippen LogP contribution in [-0.2, 0) is 14.3 Å². The SMILES string of the molecule is CCOC(=O)CN(CCN)CCNC(=O)OC(C)(C)C. The maximum absolute atomic E-state index is 11.5. The number of nitrogens with one attached hydrogen (secondary N) is 1. The lowest BCUT2D eigenvalue weighted by atomic mass is 10.2. The quantitative estimate of drug-likeness (QED) is 0.626. The molecular formula is C13H27N3O4. The van der Waals surface area contributed by atoms with Crippen LogP contribution in [0.1, 0.15) is 27.7 Å². The van der Waals surface area contributed by atoms with Crippen molar-refractivity contribution in [3.8, 4) is 0 Å². The molecule has 0 aliphatic rings. The van der Waals surface area contributed by atoms with Crippen molar-refractivity contribution < 1.29 is 19.1 Å². The van der Waals surface area contributed by atoms with Crippen LogP contribution in [0.3, 0.4) is 0 Å². The number of hydrogen-bond acceptors (Lipinski definition) is 6. The zero-order chi connectivity index (χ0) is 15.6. The Morgan fingerprint density at radius 1 is 1.25 bits per heavy atom. The molecule has 0 saturated heterocycles. The van der Waals surface area contributed by atoms with E-state index in [1.54, 1.807) is 27.7 Å². The first kappa shape index (κ1) is 18.7. The molecule has 1 amide bonds. The van der Waals surface area contributed by atoms with E-state index in [2.05, 4.69) is 5.32 Å². The van der Waals surface area contributed by atoms with Crippen molar-refractivity contribution in [2.45, 2.75) is 33.3 Å². The summed E-state index contributed by atoms with van der Waals surface area (Å²) in [6.45, 7) is 9.57. The number of nitrogens with zero attached hydrogens (tertiary/aromatic N) is 1. The standard InChI is InChI=1S/C13H27N3O4/c1-5-19-11(17)10-16(8-6-14)9-7-15-12(18)20-13(2,3)4/h5-10,14H2,1-4H3,(H,15,18). The number of carbonyl (C=O) groups excluding carboxylic acids is 2. The topological polar surface area (TPSA) is 93.9 Å². The second-order valence-corrected chi connectivity index (χ2v) is 5.30. The van der Waals surface area contributed by atoms with Crippen LogP contribution >= 0.6 is 0 Å². The van der Waals surface area contributed by atoms with Gasteiger partial charge in [0, 0.05) is 26.2 Å². The minimum absolute atomic E-state index is 0.168. The van der Waals surface area contributed by atoms with E-state index in [4.69, 9.17) is 15.2 Å². The summed E-state index contributed by atoms with van der Waals surface area (Å²) in [5.41, 5.74) is 4.97. The Balaban J connectivity index is 4.02. The van der Waals surface area contributed by atoms with Gasteiger partial charge >= 0.3 is 12.1 Å². The number of alkyl carbamates (subject to hydrolysis) is 1. The average molecular weight is 289 g/mol. The van der Waals surface area contributed by atoms with E-state index in [0.29, 0.717) is 32.8 Å². The number of carbonyl (C=O) groups is 2. The fourth-order valence-electron chi connectivity index (χ4n) is 1.47. The highest BCUT2D eigenvalue weighted by molar-refractivity contribution is 5.71. The predicted molar refractivity (Wildman–Crippen MR) is 76.4 cm³/mol. The number of esters is 1. The van der Waals surface area contributed by atoms with Crippen LogP contribution in [0.2, 0.25) is 0 Å². The summed E-state index contributed by atoms with van der Waals surface area (Å²) in [6, 6.07) is 0. The van der Waals surface area contributed by atoms with Gasteiger partial charge in [-0.2, -0.15) is 0 Å². The van der Waals surface area contributed by atoms with Crippen LogP contribution in [0.15, 0.2) is 0 Å². The Labute approximate surface area is 120 Å². The third-order valence-corrected chi connectivity index (χ3v) is 2.20. The Kier molecular flexibility index (Phi) is 8.91. The molecular weight excluding hydrogens is 262 g/mol. The van der Waals surface area contributed by atoms with E-state index in [9.17, 15) is 9.59 Å². The highest BCUT2D eigenvalue weighted by atomic mass is 16.6. The molecule has 0 radical (unpaired) electrons. The minimum Gasteiger partial charge on any atom is -0.465 e. The van der Waals surface area contributed by atoms with Crippen molar-refractivity contribution in [3.05, 3.63) is 0 Å². The van der Waals surface area contributed by atoms with Gasteiger partial charge < -0.3 is 20.5 Å². The fraction of sp³-hybridized carbons (Fsp3) is 0.846. The van der Waals surface area contributed by atoms with Crippen molar-refractivity contribution >= 4 is 12.1 Å². The van der Waals surface area contributed by atoms with Crippen LogP contribution in [0, 0.1) is 0 Å². The molecule has 0 aromatic carbocycles. The summed E-state index contributed by atoms with van der Waals surface area (Å²) in [5, 5.41) is 2.64. The first-order valence-electron chi connectivity index (χ1n) is 6.83. The first-order chi connectivity index (χ1) is 9.28. The summed E-state index contributed by atoms with van der Waals surface area (Å²) in [6.07, 6.45) is -0.471. The number of nitrogens with two attached hydrogens (primary N) is 1. The van der Waals surface area contributed by atoms with Crippen LogP contribution in [-0.4, -0.2) is 61.9 Å². The Hall–Kier alpha value is -1.34. The van der Waals surface area contributed by atoms with Gasteiger partial charge in [-0.15, -0.1) is 0 Å². The molecule has 0 aliphatic heterocycles. The second-order valence-electron chi connectivity index (χ2n) is 5.30. The second kappa shape index (κ2) is 9.55. The van der Waals surface area contributed by atoms with Crippen molar-refractivity contribution in [3.63, 3.8) is 0 Å². The van der Waals surface area contributed by atoms with Crippen molar-refractivity contribution in [2.24, 2.45) is 5.73 Å². The maximum atomic E-state index is 11.5. The van der Waals surface area contributed by atoms with Gasteiger partial charge in [-0.25, -0.2) is 4.79 Å². The predicted octanol–water partition coefficient (Wildman–Crippen LogP) is 0.335. The Bertz CT molecular complexity index is 302. The molecule has 0 aromatic heterocycles. The van der Waals surface area contributed by atoms with Gasteiger partial charge in [-0.05, 0) is 27.7 Å². The normalized spacial score (nSPS) is 11.3. The lowest BCUT2D eigenvalue weighted by molar-refractivity contribution is -0.144. The molecule has 3 N–H and O–H groups in total. The van der Waals surface area contributed by atoms with Crippen LogP contribution in [0.4, 0.5) is 4.79 Å². The average Bonchev–Trinajstić information content (AvgIpc) is 2.26. The molecule has 0 rings (SSSR count). The molecule has 0 heterocycles. The van der Waals surface area contributed by atoms with Gasteiger partial charge in [0.05, 0.1) is 13.2 Å². The van der Waals surface area contributed by atoms with Gasteiger partial charge in [0.15, 0.2) is 0 Å². The lowest BCUT2D eigenvalue weighted by Gasteiger charge is -2.22. The molecule has 0 atom stereocenters. The van der Waals surface area contributed by atoms with Gasteiger partial charge in [0.2, 0.25) is 0 Å². The summed E-state index contributed by atoms with van der Waals surface area (Å²) >= 11 is 0. The monoisotopic (exact) mass is 289 g/mol. The zero-order valence-electron chi connectivity index (χ0n) is 12.9. The molecule has 0 saturated carbocycles. The summed E-state index contributed by atoms with van der Waals surface area (Å²) in [7, 11) is 0. The minimum atomic E-state index is -0.522. The molecule has 0 aliphatic carbocycles. The molecule has 0 unspecified atom stereocenters. The van der Waals surface area contributed by atoms with Gasteiger partial charge in [-0.1, -0.05) is 0 Å². The Morgan fingerprint density at radius 2 is 1.90 bits per heavy atom. The van der Waals surface area contributed by atoms with Crippen LogP contribution in [0.25, 0.3) is 0 Å². The number of hydrogen-bond donors (Lipinski definition) is 2. The molecule has 0 aromatic rings. The summed E-state index contributed by atoms with van der Waals surface area (Å²) in [4.78, 5) is 24.7. The third-order valence-electron chi connectivity index (χ3n) is 2.20. The van der Waals surface area contributed by atoms with E-state index < -0.39 is 11.7 Å². The lowest BCUT2D eigenvalue weighted by Crippen LogP contribution is -2.41. The molecule has 20 heavy (non-hydrogen) atoms. The molecule has 118 valence electrons. The van der Waals surface area contributed by atoms with E-state index in [1.165, 1.54) is 0 Å². The molecule has 0 spiro atoms. The molecule has 0 bridgehead atoms. The van der Waals surface area contributed by atoms with E-state index in [1.807, 2.05) is 4.90 Å². The Morgan fingerprint density at radius 3 is 2.40 bits per heavy atom. The van der Waals surface area contributed by atoms with Crippen LogP contribution in [0.5, 0.6) is 0 Å². The molecule has 7 heteroatoms. The van der Waals surface area contributed by atoms with Crippen LogP contribution < -0.4 is 11.1 Å². The summed E-state index contributed by atoms with van der Waals surface area (Å²) < 4.78 is 9.99. The number of rotatable bonds is 8. The van der Waals surface area contributed by atoms with E-state index in [0.717, 1.165) is 0 Å². The first-order valence-corrected chi connectivity index (χ1v) is 6.83. The zero-order valence-corrected chi connectivity index (χ0v) is 12.9. The highest BCUT2D eigenvalue weighted by Crippen LogP contribution is 2.06.